The summed E-state index contributed by atoms with van der Waals surface area (Å²) < 4.78 is 10.9. The molecule has 9 rings (SSSR count). The van der Waals surface area contributed by atoms with Crippen LogP contribution in [0.25, 0.3) is 66.4 Å². The minimum Gasteiger partial charge on any atom is -0.503 e. The number of aryl methyl sites for hydroxylation is 2. The van der Waals surface area contributed by atoms with E-state index in [9.17, 15) is 0 Å². The van der Waals surface area contributed by atoms with Crippen LogP contribution in [-0.2, 0) is 21.1 Å². The molecule has 0 fully saturated rings. The van der Waals surface area contributed by atoms with Crippen LogP contribution in [0.5, 0.6) is 11.5 Å². The van der Waals surface area contributed by atoms with Crippen LogP contribution in [0, 0.1) is 26.0 Å². The first-order valence-corrected chi connectivity index (χ1v) is 15.7. The SMILES string of the molecule is Cc1cccc2c3cccc(C)c3n(-c3ccnc(-n4c5[c-]c(Oc6[c-]c(-c7ccccn7)ccc6)ccc5c5ccccc54)c3)c12.[Pt+2]. The van der Waals surface area contributed by atoms with E-state index in [1.54, 1.807) is 6.20 Å². The molecular formula is C42H28N4OPt. The summed E-state index contributed by atoms with van der Waals surface area (Å²) >= 11 is 0. The third-order valence-corrected chi connectivity index (χ3v) is 8.92. The molecule has 9 aromatic rings. The molecule has 0 atom stereocenters. The quantitative estimate of drug-likeness (QED) is 0.163. The van der Waals surface area contributed by atoms with Gasteiger partial charge in [0.15, 0.2) is 0 Å². The summed E-state index contributed by atoms with van der Waals surface area (Å²) in [6.45, 7) is 4.37. The van der Waals surface area contributed by atoms with Gasteiger partial charge in [-0.1, -0.05) is 78.3 Å². The van der Waals surface area contributed by atoms with Gasteiger partial charge in [-0.3, -0.25) is 0 Å². The molecule has 48 heavy (non-hydrogen) atoms. The summed E-state index contributed by atoms with van der Waals surface area (Å²) in [7, 11) is 0. The zero-order valence-corrected chi connectivity index (χ0v) is 28.5. The van der Waals surface area contributed by atoms with E-state index in [0.717, 1.165) is 44.6 Å². The van der Waals surface area contributed by atoms with Crippen molar-refractivity contribution < 1.29 is 25.8 Å². The standard InChI is InChI=1S/C42H28N4O.Pt/c1-27-10-7-15-35-36-16-8-11-28(2)42(36)45(41(27)35)30-21-23-44-40(25-30)46-38-18-4-3-14-33(38)34-20-19-32(26-39(34)46)47-31-13-9-12-29(24-31)37-17-5-6-22-43-37;/h3-23,25H,1-2H3;/q-2;+2. The second-order valence-corrected chi connectivity index (χ2v) is 11.8. The van der Waals surface area contributed by atoms with Crippen molar-refractivity contribution >= 4 is 43.6 Å². The molecule has 0 N–H and O–H groups in total. The van der Waals surface area contributed by atoms with Crippen LogP contribution in [0.15, 0.2) is 134 Å². The average Bonchev–Trinajstić information content (AvgIpc) is 3.63. The number of hydrogen-bond acceptors (Lipinski definition) is 3. The van der Waals surface area contributed by atoms with Gasteiger partial charge in [-0.2, -0.15) is 6.07 Å². The Morgan fingerprint density at radius 3 is 2.04 bits per heavy atom. The van der Waals surface area contributed by atoms with E-state index in [2.05, 4.69) is 119 Å². The number of ether oxygens (including phenoxy) is 1. The van der Waals surface area contributed by atoms with Gasteiger partial charge < -0.3 is 18.9 Å². The largest absolute Gasteiger partial charge is 2.00 e. The Morgan fingerprint density at radius 1 is 0.562 bits per heavy atom. The molecule has 4 aromatic heterocycles. The number of pyridine rings is 2. The molecule has 0 radical (unpaired) electrons. The smallest absolute Gasteiger partial charge is 0.503 e. The van der Waals surface area contributed by atoms with E-state index in [1.165, 1.54) is 32.9 Å². The minimum absolute atomic E-state index is 0. The fourth-order valence-electron chi connectivity index (χ4n) is 6.85. The third kappa shape index (κ3) is 4.82. The van der Waals surface area contributed by atoms with Gasteiger partial charge in [0, 0.05) is 46.2 Å². The molecule has 0 aliphatic carbocycles. The molecule has 0 aliphatic rings. The number of para-hydroxylation sites is 3. The molecular weight excluding hydrogens is 772 g/mol. The normalized spacial score (nSPS) is 11.4. The number of benzene rings is 5. The molecule has 0 saturated carbocycles. The van der Waals surface area contributed by atoms with Gasteiger partial charge in [0.1, 0.15) is 5.82 Å². The number of fused-ring (bicyclic) bond motifs is 6. The number of nitrogens with zero attached hydrogens (tertiary/aromatic N) is 4. The van der Waals surface area contributed by atoms with Gasteiger partial charge in [-0.05, 0) is 54.3 Å². The van der Waals surface area contributed by atoms with E-state index in [-0.39, 0.29) is 21.1 Å². The predicted molar refractivity (Wildman–Crippen MR) is 190 cm³/mol. The van der Waals surface area contributed by atoms with Crippen molar-refractivity contribution in [2.45, 2.75) is 13.8 Å². The van der Waals surface area contributed by atoms with Crippen molar-refractivity contribution in [1.29, 1.82) is 0 Å². The summed E-state index contributed by atoms with van der Waals surface area (Å²) in [5.41, 5.74) is 9.59. The molecule has 0 spiro atoms. The van der Waals surface area contributed by atoms with Crippen molar-refractivity contribution in [3.63, 3.8) is 0 Å². The molecule has 4 heterocycles. The Kier molecular flexibility index (Phi) is 7.43. The van der Waals surface area contributed by atoms with Crippen LogP contribution >= 0.6 is 0 Å². The van der Waals surface area contributed by atoms with E-state index in [1.807, 2.05) is 48.7 Å². The summed E-state index contributed by atoms with van der Waals surface area (Å²) in [6, 6.07) is 48.5. The first-order valence-electron chi connectivity index (χ1n) is 15.7. The van der Waals surface area contributed by atoms with Gasteiger partial charge in [0.2, 0.25) is 0 Å². The van der Waals surface area contributed by atoms with E-state index >= 15 is 0 Å². The van der Waals surface area contributed by atoms with Crippen molar-refractivity contribution in [2.75, 3.05) is 0 Å². The fourth-order valence-corrected chi connectivity index (χ4v) is 6.85. The van der Waals surface area contributed by atoms with Crippen molar-refractivity contribution in [3.8, 4) is 34.3 Å². The van der Waals surface area contributed by atoms with E-state index in [0.29, 0.717) is 11.5 Å². The third-order valence-electron chi connectivity index (χ3n) is 8.92. The van der Waals surface area contributed by atoms with Crippen molar-refractivity contribution in [3.05, 3.63) is 157 Å². The molecule has 0 bridgehead atoms. The molecule has 232 valence electrons. The summed E-state index contributed by atoms with van der Waals surface area (Å²) in [4.78, 5) is 9.40. The molecule has 5 aromatic carbocycles. The number of hydrogen-bond donors (Lipinski definition) is 0. The summed E-state index contributed by atoms with van der Waals surface area (Å²) in [5, 5.41) is 4.70. The van der Waals surface area contributed by atoms with Gasteiger partial charge in [-0.25, -0.2) is 4.98 Å². The summed E-state index contributed by atoms with van der Waals surface area (Å²) in [5.74, 6) is 2.01. The number of rotatable bonds is 5. The predicted octanol–water partition coefficient (Wildman–Crippen LogP) is 10.3. The Balaban J connectivity index is 0.00000336. The second-order valence-electron chi connectivity index (χ2n) is 11.8. The number of aromatic nitrogens is 4. The first kappa shape index (κ1) is 29.9. The monoisotopic (exact) mass is 799 g/mol. The van der Waals surface area contributed by atoms with Crippen LogP contribution in [-0.4, -0.2) is 19.1 Å². The Morgan fingerprint density at radius 2 is 1.27 bits per heavy atom. The van der Waals surface area contributed by atoms with Crippen LogP contribution in [0.1, 0.15) is 11.1 Å². The Labute approximate surface area is 292 Å². The zero-order chi connectivity index (χ0) is 31.5. The van der Waals surface area contributed by atoms with Gasteiger partial charge in [0.05, 0.1) is 16.7 Å². The van der Waals surface area contributed by atoms with Crippen LogP contribution < -0.4 is 4.74 Å². The topological polar surface area (TPSA) is 44.9 Å². The Bertz CT molecular complexity index is 2580. The van der Waals surface area contributed by atoms with Crippen LogP contribution in [0.4, 0.5) is 0 Å². The van der Waals surface area contributed by atoms with E-state index in [4.69, 9.17) is 9.72 Å². The fraction of sp³-hybridized carbons (Fsp3) is 0.0476. The van der Waals surface area contributed by atoms with Gasteiger partial charge >= 0.3 is 21.1 Å². The van der Waals surface area contributed by atoms with Gasteiger partial charge in [0.25, 0.3) is 0 Å². The molecule has 5 nitrogen and oxygen atoms in total. The maximum Gasteiger partial charge on any atom is 2.00 e. The molecule has 6 heteroatoms. The van der Waals surface area contributed by atoms with Crippen molar-refractivity contribution in [2.24, 2.45) is 0 Å². The molecule has 0 saturated heterocycles. The molecule has 0 unspecified atom stereocenters. The van der Waals surface area contributed by atoms with Crippen LogP contribution in [0.3, 0.4) is 0 Å². The first-order chi connectivity index (χ1) is 23.1. The zero-order valence-electron chi connectivity index (χ0n) is 26.2. The Hall–Kier alpha value is -5.51. The second kappa shape index (κ2) is 11.9. The molecule has 0 amide bonds. The summed E-state index contributed by atoms with van der Waals surface area (Å²) in [6.07, 6.45) is 3.68. The minimum atomic E-state index is 0. The van der Waals surface area contributed by atoms with Crippen molar-refractivity contribution in [1.82, 2.24) is 19.1 Å². The maximum absolute atomic E-state index is 6.36. The van der Waals surface area contributed by atoms with Gasteiger partial charge in [-0.15, -0.1) is 41.3 Å². The average molecular weight is 800 g/mol. The van der Waals surface area contributed by atoms with Crippen LogP contribution in [0.2, 0.25) is 0 Å². The molecule has 0 aliphatic heterocycles. The van der Waals surface area contributed by atoms with E-state index < -0.39 is 0 Å². The maximum atomic E-state index is 6.36.